The van der Waals surface area contributed by atoms with Gasteiger partial charge in [-0.2, -0.15) is 0 Å². The van der Waals surface area contributed by atoms with Crippen molar-refractivity contribution in [3.05, 3.63) is 68.4 Å². The van der Waals surface area contributed by atoms with Crippen molar-refractivity contribution in [3.8, 4) is 11.5 Å². The molecule has 3 N–H and O–H groups in total. The van der Waals surface area contributed by atoms with E-state index in [9.17, 15) is 33.5 Å². The Bertz CT molecular complexity index is 1540. The molecule has 0 spiro atoms. The van der Waals surface area contributed by atoms with Crippen molar-refractivity contribution in [2.45, 2.75) is 16.2 Å². The Morgan fingerprint density at radius 1 is 1.10 bits per heavy atom. The topological polar surface area (TPSA) is 155 Å². The Kier molecular flexibility index (Phi) is 7.14. The molecule has 0 saturated carbocycles. The first-order valence-corrected chi connectivity index (χ1v) is 13.2. The van der Waals surface area contributed by atoms with E-state index in [2.05, 4.69) is 10.3 Å². The standard InChI is InChI=1S/C25H20FN3O8S2/c1-36-15-8-11(2-7-14(15)37-10-16(30)27-13-5-3-12(26)4-6-13)18-19-21(38-22-20(18)39-25(35)28-22)24(34)29(23(19)33)9-17(31)32/h2-8,18-19,21H,9-10H2,1H3,(H,27,30)(H,28,35)(H,31,32)/t18-,19?,21?/m1/s1. The first-order valence-electron chi connectivity index (χ1n) is 11.5. The van der Waals surface area contributed by atoms with Crippen molar-refractivity contribution >= 4 is 52.5 Å². The summed E-state index contributed by atoms with van der Waals surface area (Å²) in [5.74, 6) is -4.70. The molecule has 1 fully saturated rings. The van der Waals surface area contributed by atoms with Gasteiger partial charge in [-0.15, -0.1) is 0 Å². The lowest BCUT2D eigenvalue weighted by Crippen LogP contribution is -2.36. The highest BCUT2D eigenvalue weighted by molar-refractivity contribution is 8.00. The van der Waals surface area contributed by atoms with E-state index in [-0.39, 0.29) is 23.0 Å². The number of ether oxygens (including phenoxy) is 2. The number of thioether (sulfide) groups is 1. The monoisotopic (exact) mass is 573 g/mol. The molecule has 0 bridgehead atoms. The number of thiazole rings is 1. The summed E-state index contributed by atoms with van der Waals surface area (Å²) in [5.41, 5.74) is 0.936. The van der Waals surface area contributed by atoms with Crippen LogP contribution >= 0.6 is 23.1 Å². The zero-order chi connectivity index (χ0) is 27.8. The number of carboxylic acids is 1. The minimum Gasteiger partial charge on any atom is -0.493 e. The summed E-state index contributed by atoms with van der Waals surface area (Å²) in [7, 11) is 1.39. The molecule has 3 amide bonds. The number of hydrogen-bond acceptors (Lipinski definition) is 9. The number of likely N-dealkylation sites (tertiary alicyclic amines) is 1. The molecule has 0 aliphatic carbocycles. The van der Waals surface area contributed by atoms with Gasteiger partial charge in [-0.25, -0.2) is 4.39 Å². The number of aromatic nitrogens is 1. The largest absolute Gasteiger partial charge is 0.493 e. The van der Waals surface area contributed by atoms with Crippen LogP contribution in [-0.2, 0) is 19.2 Å². The van der Waals surface area contributed by atoms with E-state index in [0.29, 0.717) is 21.2 Å². The average molecular weight is 574 g/mol. The summed E-state index contributed by atoms with van der Waals surface area (Å²) < 4.78 is 24.2. The molecule has 2 unspecified atom stereocenters. The lowest BCUT2D eigenvalue weighted by Gasteiger charge is -2.30. The van der Waals surface area contributed by atoms with Gasteiger partial charge in [0.1, 0.15) is 17.6 Å². The summed E-state index contributed by atoms with van der Waals surface area (Å²) in [6.45, 7) is -1.13. The number of amides is 3. The van der Waals surface area contributed by atoms with E-state index >= 15 is 0 Å². The normalized spacial score (nSPS) is 19.8. The molecule has 3 aromatic rings. The molecule has 2 aliphatic heterocycles. The van der Waals surface area contributed by atoms with Crippen LogP contribution in [-0.4, -0.2) is 64.2 Å². The van der Waals surface area contributed by atoms with Gasteiger partial charge in [0.15, 0.2) is 18.1 Å². The number of aliphatic carboxylic acids is 1. The number of methoxy groups -OCH3 is 1. The minimum absolute atomic E-state index is 0.223. The van der Waals surface area contributed by atoms with Gasteiger partial charge in [-0.05, 0) is 42.0 Å². The number of hydrogen-bond donors (Lipinski definition) is 3. The summed E-state index contributed by atoms with van der Waals surface area (Å²) in [6, 6.07) is 10.0. The highest BCUT2D eigenvalue weighted by Gasteiger charge is 2.56. The third-order valence-electron chi connectivity index (χ3n) is 6.24. The van der Waals surface area contributed by atoms with Crippen molar-refractivity contribution in [1.82, 2.24) is 9.88 Å². The molecular formula is C25H20FN3O8S2. The number of benzene rings is 2. The van der Waals surface area contributed by atoms with Crippen LogP contribution in [0.1, 0.15) is 16.4 Å². The molecule has 5 rings (SSSR count). The Balaban J connectivity index is 1.42. The van der Waals surface area contributed by atoms with E-state index in [1.165, 1.54) is 31.4 Å². The molecule has 14 heteroatoms. The molecule has 3 heterocycles. The van der Waals surface area contributed by atoms with Gasteiger partial charge in [0.05, 0.1) is 18.1 Å². The SMILES string of the molecule is COc1cc([C@H]2c3sc(=O)[nH]c3SC3C(=O)N(CC(=O)O)C(=O)C32)ccc1OCC(=O)Nc1ccc(F)cc1. The first-order chi connectivity index (χ1) is 18.7. The number of carbonyl (C=O) groups excluding carboxylic acids is 3. The van der Waals surface area contributed by atoms with Gasteiger partial charge in [0, 0.05) is 16.5 Å². The smallest absolute Gasteiger partial charge is 0.323 e. The number of anilines is 1. The molecular weight excluding hydrogens is 553 g/mol. The molecule has 3 atom stereocenters. The van der Waals surface area contributed by atoms with Crippen molar-refractivity contribution < 1.29 is 38.1 Å². The number of H-pyrrole nitrogens is 1. The second kappa shape index (κ2) is 10.5. The molecule has 11 nitrogen and oxygen atoms in total. The maximum atomic E-state index is 13.3. The average Bonchev–Trinajstić information content (AvgIpc) is 3.39. The molecule has 0 radical (unpaired) electrons. The number of imide groups is 1. The lowest BCUT2D eigenvalue weighted by molar-refractivity contribution is -0.149. The van der Waals surface area contributed by atoms with E-state index in [1.54, 1.807) is 18.2 Å². The predicted octanol–water partition coefficient (Wildman–Crippen LogP) is 2.28. The Morgan fingerprint density at radius 2 is 1.85 bits per heavy atom. The van der Waals surface area contributed by atoms with Crippen molar-refractivity contribution in [1.29, 1.82) is 0 Å². The van der Waals surface area contributed by atoms with E-state index in [4.69, 9.17) is 9.47 Å². The molecule has 2 aromatic carbocycles. The Hall–Kier alpha value is -4.17. The van der Waals surface area contributed by atoms with Gasteiger partial charge in [-0.3, -0.25) is 28.9 Å². The molecule has 1 aromatic heterocycles. The summed E-state index contributed by atoms with van der Waals surface area (Å²) in [4.78, 5) is 65.7. The number of nitrogens with one attached hydrogen (secondary N) is 2. The predicted molar refractivity (Wildman–Crippen MR) is 138 cm³/mol. The number of carboxylic acid groups (broad SMARTS) is 1. The number of halogens is 1. The van der Waals surface area contributed by atoms with Crippen LogP contribution in [0, 0.1) is 11.7 Å². The zero-order valence-electron chi connectivity index (χ0n) is 20.1. The maximum absolute atomic E-state index is 13.3. The van der Waals surface area contributed by atoms with Gasteiger partial charge in [0.25, 0.3) is 5.91 Å². The van der Waals surface area contributed by atoms with Crippen LogP contribution in [0.3, 0.4) is 0 Å². The fourth-order valence-electron chi connectivity index (χ4n) is 4.59. The fourth-order valence-corrected chi connectivity index (χ4v) is 7.13. The van der Waals surface area contributed by atoms with Crippen LogP contribution in [0.4, 0.5) is 10.1 Å². The molecule has 39 heavy (non-hydrogen) atoms. The number of carbonyl (C=O) groups is 4. The summed E-state index contributed by atoms with van der Waals surface area (Å²) in [5, 5.41) is 11.3. The van der Waals surface area contributed by atoms with Gasteiger partial charge in [0.2, 0.25) is 11.8 Å². The number of rotatable bonds is 8. The van der Waals surface area contributed by atoms with Crippen molar-refractivity contribution in [2.24, 2.45) is 5.92 Å². The number of aromatic amines is 1. The second-order valence-electron chi connectivity index (χ2n) is 8.66. The highest BCUT2D eigenvalue weighted by atomic mass is 32.2. The Labute approximate surface area is 227 Å². The van der Waals surface area contributed by atoms with Gasteiger partial charge >= 0.3 is 10.8 Å². The molecule has 1 saturated heterocycles. The zero-order valence-corrected chi connectivity index (χ0v) is 21.8. The van der Waals surface area contributed by atoms with Crippen LogP contribution in [0.2, 0.25) is 0 Å². The van der Waals surface area contributed by atoms with Crippen LogP contribution in [0.5, 0.6) is 11.5 Å². The minimum atomic E-state index is -1.31. The summed E-state index contributed by atoms with van der Waals surface area (Å²) in [6.07, 6.45) is 0. The highest BCUT2D eigenvalue weighted by Crippen LogP contribution is 2.53. The summed E-state index contributed by atoms with van der Waals surface area (Å²) >= 11 is 1.96. The third kappa shape index (κ3) is 5.12. The number of nitrogens with zero attached hydrogens (tertiary/aromatic N) is 1. The van der Waals surface area contributed by atoms with E-state index < -0.39 is 53.1 Å². The van der Waals surface area contributed by atoms with Gasteiger partial charge in [-0.1, -0.05) is 29.2 Å². The quantitative estimate of drug-likeness (QED) is 0.344. The van der Waals surface area contributed by atoms with E-state index in [0.717, 1.165) is 28.0 Å². The van der Waals surface area contributed by atoms with E-state index in [1.807, 2.05) is 0 Å². The lowest BCUT2D eigenvalue weighted by atomic mass is 9.83. The van der Waals surface area contributed by atoms with Crippen molar-refractivity contribution in [2.75, 3.05) is 25.6 Å². The van der Waals surface area contributed by atoms with Crippen LogP contribution in [0.15, 0.2) is 52.3 Å². The molecule has 2 aliphatic rings. The first kappa shape index (κ1) is 26.4. The third-order valence-corrected chi connectivity index (χ3v) is 8.64. The fraction of sp³-hybridized carbons (Fsp3) is 0.240. The molecule has 202 valence electrons. The van der Waals surface area contributed by atoms with Crippen LogP contribution in [0.25, 0.3) is 0 Å². The maximum Gasteiger partial charge on any atom is 0.323 e. The van der Waals surface area contributed by atoms with Crippen molar-refractivity contribution in [3.63, 3.8) is 0 Å². The van der Waals surface area contributed by atoms with Gasteiger partial charge < -0.3 is 24.9 Å². The number of fused-ring (bicyclic) bond motifs is 2. The second-order valence-corrected chi connectivity index (χ2v) is 10.8. The van der Waals surface area contributed by atoms with Crippen LogP contribution < -0.4 is 19.7 Å². The Morgan fingerprint density at radius 3 is 2.54 bits per heavy atom.